The van der Waals surface area contributed by atoms with Crippen molar-refractivity contribution in [2.24, 2.45) is 5.92 Å². The molecule has 5 heteroatoms. The second-order valence-electron chi connectivity index (χ2n) is 4.47. The molecule has 0 saturated carbocycles. The second kappa shape index (κ2) is 5.23. The monoisotopic (exact) mass is 241 g/mol. The molecule has 1 aromatic carbocycles. The molecule has 0 saturated heterocycles. The lowest BCUT2D eigenvalue weighted by molar-refractivity contribution is -0.386. The molecule has 94 valence electrons. The Morgan fingerprint density at radius 3 is 2.35 bits per heavy atom. The largest absolute Gasteiger partial charge is 0.393 e. The SMILES string of the molecule is CC(C)C(c1cc(F)ccc1[N+](=O)[O-])C(C)O. The molecule has 0 spiro atoms. The number of nitrogens with zero attached hydrogens (tertiary/aromatic N) is 1. The summed E-state index contributed by atoms with van der Waals surface area (Å²) in [5.74, 6) is -1.00. The maximum Gasteiger partial charge on any atom is 0.273 e. The van der Waals surface area contributed by atoms with Gasteiger partial charge in [0.2, 0.25) is 0 Å². The summed E-state index contributed by atoms with van der Waals surface area (Å²) in [6, 6.07) is 3.33. The predicted molar refractivity (Wildman–Crippen MR) is 62.3 cm³/mol. The van der Waals surface area contributed by atoms with Crippen LogP contribution in [-0.2, 0) is 0 Å². The zero-order valence-electron chi connectivity index (χ0n) is 10.1. The van der Waals surface area contributed by atoms with Crippen LogP contribution in [0.4, 0.5) is 10.1 Å². The van der Waals surface area contributed by atoms with Gasteiger partial charge in [-0.2, -0.15) is 0 Å². The van der Waals surface area contributed by atoms with Crippen LogP contribution in [0.25, 0.3) is 0 Å². The number of aliphatic hydroxyl groups is 1. The highest BCUT2D eigenvalue weighted by Crippen LogP contribution is 2.34. The van der Waals surface area contributed by atoms with Crippen LogP contribution >= 0.6 is 0 Å². The Labute approximate surface area is 99.2 Å². The van der Waals surface area contributed by atoms with Gasteiger partial charge in [0.25, 0.3) is 5.69 Å². The Kier molecular flexibility index (Phi) is 4.17. The number of halogens is 1. The minimum absolute atomic E-state index is 0.0181. The van der Waals surface area contributed by atoms with Crippen molar-refractivity contribution in [3.8, 4) is 0 Å². The van der Waals surface area contributed by atoms with Crippen LogP contribution in [0.2, 0.25) is 0 Å². The molecule has 0 amide bonds. The number of benzene rings is 1. The number of rotatable bonds is 4. The van der Waals surface area contributed by atoms with E-state index in [0.717, 1.165) is 18.2 Å². The topological polar surface area (TPSA) is 63.4 Å². The first kappa shape index (κ1) is 13.6. The molecule has 4 nitrogen and oxygen atoms in total. The van der Waals surface area contributed by atoms with Gasteiger partial charge in [-0.25, -0.2) is 4.39 Å². The van der Waals surface area contributed by atoms with E-state index < -0.39 is 22.8 Å². The Balaban J connectivity index is 3.34. The zero-order valence-corrected chi connectivity index (χ0v) is 10.1. The summed E-state index contributed by atoms with van der Waals surface area (Å²) in [6.07, 6.45) is -0.768. The summed E-state index contributed by atoms with van der Waals surface area (Å²) in [5, 5.41) is 20.6. The predicted octanol–water partition coefficient (Wildman–Crippen LogP) is 2.85. The first-order valence-electron chi connectivity index (χ1n) is 5.46. The standard InChI is InChI=1S/C12H16FNO3/c1-7(2)12(8(3)15)10-6-9(13)4-5-11(10)14(16)17/h4-8,12,15H,1-3H3. The highest BCUT2D eigenvalue weighted by atomic mass is 19.1. The fourth-order valence-corrected chi connectivity index (χ4v) is 2.13. The maximum absolute atomic E-state index is 13.2. The lowest BCUT2D eigenvalue weighted by atomic mass is 9.83. The van der Waals surface area contributed by atoms with Gasteiger partial charge in [0.05, 0.1) is 11.0 Å². The molecule has 1 N–H and O–H groups in total. The van der Waals surface area contributed by atoms with Crippen molar-refractivity contribution >= 4 is 5.69 Å². The second-order valence-corrected chi connectivity index (χ2v) is 4.47. The van der Waals surface area contributed by atoms with Crippen LogP contribution in [0.3, 0.4) is 0 Å². The molecule has 1 rings (SSSR count). The molecule has 2 atom stereocenters. The van der Waals surface area contributed by atoms with Gasteiger partial charge in [0.15, 0.2) is 0 Å². The molecule has 0 bridgehead atoms. The molecule has 2 unspecified atom stereocenters. The summed E-state index contributed by atoms with van der Waals surface area (Å²) in [5.41, 5.74) is 0.103. The van der Waals surface area contributed by atoms with Gasteiger partial charge in [-0.1, -0.05) is 13.8 Å². The maximum atomic E-state index is 13.2. The van der Waals surface area contributed by atoms with Crippen molar-refractivity contribution in [1.29, 1.82) is 0 Å². The van der Waals surface area contributed by atoms with Gasteiger partial charge in [-0.15, -0.1) is 0 Å². The Morgan fingerprint density at radius 2 is 1.94 bits per heavy atom. The number of nitro benzene ring substituents is 1. The summed E-state index contributed by atoms with van der Waals surface area (Å²) >= 11 is 0. The minimum atomic E-state index is -0.768. The smallest absolute Gasteiger partial charge is 0.273 e. The Bertz CT molecular complexity index is 410. The average molecular weight is 241 g/mol. The first-order chi connectivity index (χ1) is 7.84. The number of hydrogen-bond acceptors (Lipinski definition) is 3. The van der Waals surface area contributed by atoms with Crippen LogP contribution in [-0.4, -0.2) is 16.1 Å². The molecular formula is C12H16FNO3. The molecule has 0 aliphatic rings. The first-order valence-corrected chi connectivity index (χ1v) is 5.46. The quantitative estimate of drug-likeness (QED) is 0.651. The summed E-state index contributed by atoms with van der Waals surface area (Å²) in [4.78, 5) is 10.3. The molecule has 0 aromatic heterocycles. The van der Waals surface area contributed by atoms with E-state index in [4.69, 9.17) is 0 Å². The fraction of sp³-hybridized carbons (Fsp3) is 0.500. The molecule has 0 heterocycles. The third kappa shape index (κ3) is 3.00. The summed E-state index contributed by atoms with van der Waals surface area (Å²) < 4.78 is 13.2. The van der Waals surface area contributed by atoms with Crippen molar-refractivity contribution in [1.82, 2.24) is 0 Å². The van der Waals surface area contributed by atoms with E-state index in [9.17, 15) is 19.6 Å². The summed E-state index contributed by atoms with van der Waals surface area (Å²) in [6.45, 7) is 5.23. The van der Waals surface area contributed by atoms with Gasteiger partial charge in [0.1, 0.15) is 5.82 Å². The highest BCUT2D eigenvalue weighted by Gasteiger charge is 2.28. The normalized spacial score (nSPS) is 14.7. The van der Waals surface area contributed by atoms with Crippen molar-refractivity contribution in [2.45, 2.75) is 32.8 Å². The van der Waals surface area contributed by atoms with Crippen LogP contribution in [0, 0.1) is 21.8 Å². The number of nitro groups is 1. The number of aliphatic hydroxyl groups excluding tert-OH is 1. The minimum Gasteiger partial charge on any atom is -0.393 e. The fourth-order valence-electron chi connectivity index (χ4n) is 2.13. The molecule has 0 radical (unpaired) electrons. The van der Waals surface area contributed by atoms with E-state index in [1.807, 2.05) is 13.8 Å². The van der Waals surface area contributed by atoms with Crippen LogP contribution in [0.1, 0.15) is 32.3 Å². The Hall–Kier alpha value is -1.49. The van der Waals surface area contributed by atoms with E-state index >= 15 is 0 Å². The summed E-state index contributed by atoms with van der Waals surface area (Å²) in [7, 11) is 0. The molecular weight excluding hydrogens is 225 g/mol. The zero-order chi connectivity index (χ0) is 13.2. The molecule has 0 fully saturated rings. The van der Waals surface area contributed by atoms with Gasteiger partial charge < -0.3 is 5.11 Å². The Morgan fingerprint density at radius 1 is 1.35 bits per heavy atom. The van der Waals surface area contributed by atoms with Crippen molar-refractivity contribution in [3.05, 3.63) is 39.7 Å². The molecule has 0 aliphatic heterocycles. The van der Waals surface area contributed by atoms with Gasteiger partial charge in [0, 0.05) is 17.5 Å². The third-order valence-electron chi connectivity index (χ3n) is 2.78. The van der Waals surface area contributed by atoms with Crippen molar-refractivity contribution in [3.63, 3.8) is 0 Å². The van der Waals surface area contributed by atoms with Crippen LogP contribution < -0.4 is 0 Å². The average Bonchev–Trinajstić information content (AvgIpc) is 2.15. The van der Waals surface area contributed by atoms with Crippen molar-refractivity contribution in [2.75, 3.05) is 0 Å². The lowest BCUT2D eigenvalue weighted by Gasteiger charge is -2.23. The molecule has 1 aromatic rings. The van der Waals surface area contributed by atoms with Gasteiger partial charge >= 0.3 is 0 Å². The van der Waals surface area contributed by atoms with Gasteiger partial charge in [-0.05, 0) is 25.0 Å². The van der Waals surface area contributed by atoms with E-state index in [0.29, 0.717) is 0 Å². The van der Waals surface area contributed by atoms with Crippen LogP contribution in [0.5, 0.6) is 0 Å². The van der Waals surface area contributed by atoms with Crippen LogP contribution in [0.15, 0.2) is 18.2 Å². The van der Waals surface area contributed by atoms with Gasteiger partial charge in [-0.3, -0.25) is 10.1 Å². The lowest BCUT2D eigenvalue weighted by Crippen LogP contribution is -2.21. The van der Waals surface area contributed by atoms with E-state index in [1.54, 1.807) is 6.92 Å². The molecule has 0 aliphatic carbocycles. The highest BCUT2D eigenvalue weighted by molar-refractivity contribution is 5.43. The number of hydrogen-bond donors (Lipinski definition) is 1. The van der Waals surface area contributed by atoms with E-state index in [-0.39, 0.29) is 17.2 Å². The third-order valence-corrected chi connectivity index (χ3v) is 2.78. The van der Waals surface area contributed by atoms with E-state index in [1.165, 1.54) is 0 Å². The van der Waals surface area contributed by atoms with E-state index in [2.05, 4.69) is 0 Å². The van der Waals surface area contributed by atoms with Crippen molar-refractivity contribution < 1.29 is 14.4 Å². The molecule has 17 heavy (non-hydrogen) atoms.